The molecule has 0 aliphatic heterocycles. The summed E-state index contributed by atoms with van der Waals surface area (Å²) in [5.41, 5.74) is 0.689. The molecule has 0 fully saturated rings. The number of esters is 1. The minimum Gasteiger partial charge on any atom is -0.450 e. The van der Waals surface area contributed by atoms with Crippen molar-refractivity contribution in [3.8, 4) is 5.75 Å². The number of nitrogens with one attached hydrogen (secondary N) is 1. The Balaban J connectivity index is 1.83. The van der Waals surface area contributed by atoms with Crippen molar-refractivity contribution in [2.75, 3.05) is 11.9 Å². The summed E-state index contributed by atoms with van der Waals surface area (Å²) in [6.07, 6.45) is -4.79. The summed E-state index contributed by atoms with van der Waals surface area (Å²) >= 11 is 0. The van der Waals surface area contributed by atoms with Gasteiger partial charge in [-0.2, -0.15) is 0 Å². The van der Waals surface area contributed by atoms with Gasteiger partial charge in [0.05, 0.1) is 5.69 Å². The van der Waals surface area contributed by atoms with Crippen molar-refractivity contribution < 1.29 is 36.8 Å². The van der Waals surface area contributed by atoms with Crippen LogP contribution in [0.15, 0.2) is 34.9 Å². The first-order chi connectivity index (χ1) is 11.2. The van der Waals surface area contributed by atoms with Gasteiger partial charge < -0.3 is 19.3 Å². The van der Waals surface area contributed by atoms with Crippen molar-refractivity contribution in [1.82, 2.24) is 5.16 Å². The standard InChI is InChI=1S/C14H11F3N2O5/c1-8-6-11(24-19-8)13(21)22-7-12(20)18-9-2-4-10(5-3-9)23-14(15,16)17/h2-6H,7H2,1H3,(H,18,20). The number of hydrogen-bond donors (Lipinski definition) is 1. The van der Waals surface area contributed by atoms with E-state index in [1.54, 1.807) is 6.92 Å². The van der Waals surface area contributed by atoms with Gasteiger partial charge in [-0.15, -0.1) is 13.2 Å². The van der Waals surface area contributed by atoms with Gasteiger partial charge in [0.25, 0.3) is 5.91 Å². The molecule has 0 spiro atoms. The molecule has 0 aliphatic rings. The van der Waals surface area contributed by atoms with Crippen LogP contribution in [-0.2, 0) is 9.53 Å². The number of halogens is 3. The number of hydrogen-bond acceptors (Lipinski definition) is 6. The maximum absolute atomic E-state index is 12.0. The van der Waals surface area contributed by atoms with Crippen LogP contribution >= 0.6 is 0 Å². The second kappa shape index (κ2) is 7.02. The van der Waals surface area contributed by atoms with E-state index in [4.69, 9.17) is 4.74 Å². The Morgan fingerprint density at radius 3 is 2.46 bits per heavy atom. The molecule has 2 rings (SSSR count). The van der Waals surface area contributed by atoms with Crippen molar-refractivity contribution in [3.05, 3.63) is 41.8 Å². The fourth-order valence-corrected chi connectivity index (χ4v) is 1.60. The number of alkyl halides is 3. The van der Waals surface area contributed by atoms with Crippen molar-refractivity contribution >= 4 is 17.6 Å². The molecule has 0 radical (unpaired) electrons. The van der Waals surface area contributed by atoms with Crippen LogP contribution in [0.3, 0.4) is 0 Å². The third-order valence-corrected chi connectivity index (χ3v) is 2.54. The highest BCUT2D eigenvalue weighted by molar-refractivity contribution is 5.94. The molecule has 24 heavy (non-hydrogen) atoms. The van der Waals surface area contributed by atoms with Crippen LogP contribution in [0.25, 0.3) is 0 Å². The molecule has 1 heterocycles. The van der Waals surface area contributed by atoms with E-state index in [0.29, 0.717) is 5.69 Å². The van der Waals surface area contributed by atoms with Crippen LogP contribution in [0.2, 0.25) is 0 Å². The van der Waals surface area contributed by atoms with Gasteiger partial charge in [0.1, 0.15) is 5.75 Å². The molecule has 10 heteroatoms. The Labute approximate surface area is 133 Å². The molecule has 0 bridgehead atoms. The Morgan fingerprint density at radius 1 is 1.25 bits per heavy atom. The number of nitrogens with zero attached hydrogens (tertiary/aromatic N) is 1. The Bertz CT molecular complexity index is 725. The predicted octanol–water partition coefficient (Wildman–Crippen LogP) is 2.68. The normalized spacial score (nSPS) is 11.0. The fourth-order valence-electron chi connectivity index (χ4n) is 1.60. The van der Waals surface area contributed by atoms with E-state index in [2.05, 4.69) is 19.7 Å². The first-order valence-electron chi connectivity index (χ1n) is 6.49. The molecule has 1 amide bonds. The van der Waals surface area contributed by atoms with E-state index in [-0.39, 0.29) is 11.4 Å². The predicted molar refractivity (Wildman–Crippen MR) is 73.3 cm³/mol. The average Bonchev–Trinajstić information content (AvgIpc) is 2.92. The highest BCUT2D eigenvalue weighted by Gasteiger charge is 2.30. The Hall–Kier alpha value is -3.04. The van der Waals surface area contributed by atoms with E-state index in [9.17, 15) is 22.8 Å². The number of amides is 1. The molecule has 0 unspecified atom stereocenters. The lowest BCUT2D eigenvalue weighted by molar-refractivity contribution is -0.274. The third-order valence-electron chi connectivity index (χ3n) is 2.54. The Kier molecular flexibility index (Phi) is 5.07. The van der Waals surface area contributed by atoms with E-state index in [1.807, 2.05) is 0 Å². The summed E-state index contributed by atoms with van der Waals surface area (Å²) in [4.78, 5) is 23.2. The SMILES string of the molecule is Cc1cc(C(=O)OCC(=O)Nc2ccc(OC(F)(F)F)cc2)on1. The molecular formula is C14H11F3N2O5. The van der Waals surface area contributed by atoms with Crippen LogP contribution in [0.1, 0.15) is 16.2 Å². The highest BCUT2D eigenvalue weighted by atomic mass is 19.4. The van der Waals surface area contributed by atoms with Crippen LogP contribution < -0.4 is 10.1 Å². The van der Waals surface area contributed by atoms with Crippen LogP contribution in [0.4, 0.5) is 18.9 Å². The Morgan fingerprint density at radius 2 is 1.92 bits per heavy atom. The third kappa shape index (κ3) is 5.30. The van der Waals surface area contributed by atoms with Crippen molar-refractivity contribution in [3.63, 3.8) is 0 Å². The van der Waals surface area contributed by atoms with Crippen molar-refractivity contribution in [1.29, 1.82) is 0 Å². The molecule has 0 aliphatic carbocycles. The molecule has 1 N–H and O–H groups in total. The van der Waals surface area contributed by atoms with Gasteiger partial charge in [-0.25, -0.2) is 4.79 Å². The summed E-state index contributed by atoms with van der Waals surface area (Å²) in [5.74, 6) is -2.11. The fraction of sp³-hybridized carbons (Fsp3) is 0.214. The first-order valence-corrected chi connectivity index (χ1v) is 6.49. The zero-order valence-corrected chi connectivity index (χ0v) is 12.2. The summed E-state index contributed by atoms with van der Waals surface area (Å²) in [6, 6.07) is 5.83. The second-order valence-electron chi connectivity index (χ2n) is 4.53. The topological polar surface area (TPSA) is 90.7 Å². The summed E-state index contributed by atoms with van der Waals surface area (Å²) < 4.78 is 49.1. The van der Waals surface area contributed by atoms with E-state index >= 15 is 0 Å². The number of aryl methyl sites for hydroxylation is 1. The first kappa shape index (κ1) is 17.3. The summed E-state index contributed by atoms with van der Waals surface area (Å²) in [5, 5.41) is 5.84. The van der Waals surface area contributed by atoms with Gasteiger partial charge in [-0.3, -0.25) is 4.79 Å². The zero-order chi connectivity index (χ0) is 17.7. The quantitative estimate of drug-likeness (QED) is 0.839. The minimum absolute atomic E-state index is 0.144. The number of carbonyl (C=O) groups is 2. The van der Waals surface area contributed by atoms with Gasteiger partial charge in [0, 0.05) is 11.8 Å². The van der Waals surface area contributed by atoms with Gasteiger partial charge in [0.15, 0.2) is 6.61 Å². The average molecular weight is 344 g/mol. The summed E-state index contributed by atoms with van der Waals surface area (Å²) in [7, 11) is 0. The van der Waals surface area contributed by atoms with Crippen LogP contribution in [0.5, 0.6) is 5.75 Å². The molecule has 2 aromatic rings. The van der Waals surface area contributed by atoms with E-state index in [1.165, 1.54) is 18.2 Å². The lowest BCUT2D eigenvalue weighted by atomic mass is 10.3. The summed E-state index contributed by atoms with van der Waals surface area (Å²) in [6.45, 7) is 1.01. The monoisotopic (exact) mass is 344 g/mol. The number of rotatable bonds is 5. The zero-order valence-electron chi connectivity index (χ0n) is 12.2. The molecule has 128 valence electrons. The molecule has 0 atom stereocenters. The molecule has 1 aromatic carbocycles. The largest absolute Gasteiger partial charge is 0.573 e. The molecule has 1 aromatic heterocycles. The number of aromatic nitrogens is 1. The molecule has 0 saturated heterocycles. The van der Waals surface area contributed by atoms with E-state index < -0.39 is 30.6 Å². The minimum atomic E-state index is -4.79. The van der Waals surface area contributed by atoms with E-state index in [0.717, 1.165) is 12.1 Å². The van der Waals surface area contributed by atoms with Crippen LogP contribution in [0, 0.1) is 6.92 Å². The van der Waals surface area contributed by atoms with Crippen molar-refractivity contribution in [2.24, 2.45) is 0 Å². The van der Waals surface area contributed by atoms with Gasteiger partial charge in [0.2, 0.25) is 5.76 Å². The van der Waals surface area contributed by atoms with Crippen molar-refractivity contribution in [2.45, 2.75) is 13.3 Å². The number of carbonyl (C=O) groups excluding carboxylic acids is 2. The molecular weight excluding hydrogens is 333 g/mol. The molecule has 0 saturated carbocycles. The van der Waals surface area contributed by atoms with Gasteiger partial charge in [-0.05, 0) is 31.2 Å². The number of benzene rings is 1. The van der Waals surface area contributed by atoms with Gasteiger partial charge >= 0.3 is 12.3 Å². The molecule has 7 nitrogen and oxygen atoms in total. The lowest BCUT2D eigenvalue weighted by Gasteiger charge is -2.10. The number of ether oxygens (including phenoxy) is 2. The van der Waals surface area contributed by atoms with Crippen LogP contribution in [-0.4, -0.2) is 30.0 Å². The lowest BCUT2D eigenvalue weighted by Crippen LogP contribution is -2.21. The van der Waals surface area contributed by atoms with Gasteiger partial charge in [-0.1, -0.05) is 5.16 Å². The maximum Gasteiger partial charge on any atom is 0.573 e. The smallest absolute Gasteiger partial charge is 0.450 e. The highest BCUT2D eigenvalue weighted by Crippen LogP contribution is 2.23. The maximum atomic E-state index is 12.0. The number of anilines is 1. The second-order valence-corrected chi connectivity index (χ2v) is 4.53.